The van der Waals surface area contributed by atoms with E-state index in [4.69, 9.17) is 14.2 Å². The van der Waals surface area contributed by atoms with E-state index in [0.29, 0.717) is 35.9 Å². The van der Waals surface area contributed by atoms with Gasteiger partial charge in [-0.05, 0) is 12.1 Å². The van der Waals surface area contributed by atoms with E-state index in [2.05, 4.69) is 4.98 Å². The van der Waals surface area contributed by atoms with Crippen LogP contribution in [-0.4, -0.2) is 48.2 Å². The first-order valence-electron chi connectivity index (χ1n) is 7.67. The molecule has 0 unspecified atom stereocenters. The Morgan fingerprint density at radius 1 is 1.12 bits per heavy atom. The highest BCUT2D eigenvalue weighted by atomic mass is 16.5. The van der Waals surface area contributed by atoms with Gasteiger partial charge in [0.2, 0.25) is 5.75 Å². The Hall–Kier alpha value is -2.70. The van der Waals surface area contributed by atoms with E-state index in [1.165, 1.54) is 21.3 Å². The minimum Gasteiger partial charge on any atom is -0.493 e. The molecular weight excluding hydrogens is 310 g/mol. The predicted molar refractivity (Wildman–Crippen MR) is 87.8 cm³/mol. The van der Waals surface area contributed by atoms with Gasteiger partial charge in [-0.15, -0.1) is 0 Å². The van der Waals surface area contributed by atoms with Crippen LogP contribution in [0.5, 0.6) is 17.2 Å². The minimum absolute atomic E-state index is 0.0684. The molecule has 7 heteroatoms. The summed E-state index contributed by atoms with van der Waals surface area (Å²) in [5.41, 5.74) is 2.64. The molecule has 3 rings (SSSR count). The van der Waals surface area contributed by atoms with Crippen molar-refractivity contribution in [2.75, 3.05) is 27.9 Å². The maximum Gasteiger partial charge on any atom is 0.254 e. The van der Waals surface area contributed by atoms with Crippen LogP contribution in [0, 0.1) is 0 Å². The molecule has 0 fully saturated rings. The lowest BCUT2D eigenvalue weighted by Crippen LogP contribution is -2.36. The molecule has 128 valence electrons. The lowest BCUT2D eigenvalue weighted by atomic mass is 10.1. The van der Waals surface area contributed by atoms with Crippen molar-refractivity contribution in [3.05, 3.63) is 35.4 Å². The molecule has 1 aromatic carbocycles. The number of ether oxygens (including phenoxy) is 3. The summed E-state index contributed by atoms with van der Waals surface area (Å²) in [4.78, 5) is 19.1. The average molecular weight is 331 g/mol. The number of hydrogen-bond donors (Lipinski definition) is 0. The highest BCUT2D eigenvalue weighted by Crippen LogP contribution is 2.38. The van der Waals surface area contributed by atoms with Gasteiger partial charge in [0, 0.05) is 25.6 Å². The summed E-state index contributed by atoms with van der Waals surface area (Å²) in [7, 11) is 6.55. The fourth-order valence-corrected chi connectivity index (χ4v) is 2.98. The Morgan fingerprint density at radius 3 is 2.38 bits per heavy atom. The highest BCUT2D eigenvalue weighted by Gasteiger charge is 2.26. The molecular formula is C17H21N3O4. The van der Waals surface area contributed by atoms with Gasteiger partial charge in [0.25, 0.3) is 5.91 Å². The standard InChI is InChI=1S/C17H21N3O4/c1-19-10-18-12-5-6-20(9-13(12)19)17(21)11-7-14(22-2)16(24-4)15(8-11)23-3/h7-8,10H,5-6,9H2,1-4H3. The van der Waals surface area contributed by atoms with Gasteiger partial charge >= 0.3 is 0 Å². The van der Waals surface area contributed by atoms with Crippen molar-refractivity contribution in [3.63, 3.8) is 0 Å². The summed E-state index contributed by atoms with van der Waals surface area (Å²) in [5.74, 6) is 1.35. The first-order chi connectivity index (χ1) is 11.6. The van der Waals surface area contributed by atoms with Gasteiger partial charge in [0.05, 0.1) is 45.6 Å². The van der Waals surface area contributed by atoms with E-state index in [1.54, 1.807) is 18.5 Å². The van der Waals surface area contributed by atoms with Crippen molar-refractivity contribution in [1.29, 1.82) is 0 Å². The largest absolute Gasteiger partial charge is 0.493 e. The van der Waals surface area contributed by atoms with Crippen LogP contribution >= 0.6 is 0 Å². The van der Waals surface area contributed by atoms with Crippen LogP contribution in [0.2, 0.25) is 0 Å². The monoisotopic (exact) mass is 331 g/mol. The molecule has 1 aliphatic rings. The van der Waals surface area contributed by atoms with Gasteiger partial charge in [-0.2, -0.15) is 0 Å². The number of rotatable bonds is 4. The lowest BCUT2D eigenvalue weighted by Gasteiger charge is -2.27. The van der Waals surface area contributed by atoms with Gasteiger partial charge in [-0.1, -0.05) is 0 Å². The number of aromatic nitrogens is 2. The fraction of sp³-hybridized carbons (Fsp3) is 0.412. The normalized spacial score (nSPS) is 13.4. The Morgan fingerprint density at radius 2 is 1.79 bits per heavy atom. The molecule has 0 saturated carbocycles. The molecule has 24 heavy (non-hydrogen) atoms. The van der Waals surface area contributed by atoms with E-state index in [1.807, 2.05) is 16.5 Å². The first-order valence-corrected chi connectivity index (χ1v) is 7.67. The topological polar surface area (TPSA) is 65.8 Å². The molecule has 1 amide bonds. The number of aryl methyl sites for hydroxylation is 1. The molecule has 0 atom stereocenters. The number of fused-ring (bicyclic) bond motifs is 1. The number of nitrogens with zero attached hydrogens (tertiary/aromatic N) is 3. The Labute approximate surface area is 140 Å². The third-order valence-electron chi connectivity index (χ3n) is 4.30. The number of amides is 1. The van der Waals surface area contributed by atoms with Crippen molar-refractivity contribution < 1.29 is 19.0 Å². The molecule has 2 aromatic rings. The summed E-state index contributed by atoms with van der Waals surface area (Å²) in [6.45, 7) is 1.18. The minimum atomic E-state index is -0.0684. The van der Waals surface area contributed by atoms with Gasteiger partial charge in [0.15, 0.2) is 11.5 Å². The second kappa shape index (κ2) is 6.43. The van der Waals surface area contributed by atoms with Crippen LogP contribution in [0.1, 0.15) is 21.7 Å². The van der Waals surface area contributed by atoms with E-state index < -0.39 is 0 Å². The van der Waals surface area contributed by atoms with E-state index in [0.717, 1.165) is 17.8 Å². The molecule has 7 nitrogen and oxygen atoms in total. The van der Waals surface area contributed by atoms with Crippen LogP contribution < -0.4 is 14.2 Å². The average Bonchev–Trinajstić information content (AvgIpc) is 3.00. The van der Waals surface area contributed by atoms with Crippen molar-refractivity contribution in [2.45, 2.75) is 13.0 Å². The zero-order valence-corrected chi connectivity index (χ0v) is 14.3. The van der Waals surface area contributed by atoms with Crippen molar-refractivity contribution in [2.24, 2.45) is 7.05 Å². The number of methoxy groups -OCH3 is 3. The van der Waals surface area contributed by atoms with Crippen molar-refractivity contribution in [1.82, 2.24) is 14.5 Å². The molecule has 0 aliphatic carbocycles. The van der Waals surface area contributed by atoms with Crippen molar-refractivity contribution >= 4 is 5.91 Å². The number of imidazole rings is 1. The molecule has 0 saturated heterocycles. The van der Waals surface area contributed by atoms with Crippen LogP contribution in [0.4, 0.5) is 0 Å². The van der Waals surface area contributed by atoms with E-state index >= 15 is 0 Å². The van der Waals surface area contributed by atoms with Gasteiger partial charge < -0.3 is 23.7 Å². The third kappa shape index (κ3) is 2.66. The Bertz CT molecular complexity index is 744. The summed E-state index contributed by atoms with van der Waals surface area (Å²) in [6, 6.07) is 3.37. The summed E-state index contributed by atoms with van der Waals surface area (Å²) < 4.78 is 17.9. The van der Waals surface area contributed by atoms with Gasteiger partial charge in [-0.25, -0.2) is 4.98 Å². The van der Waals surface area contributed by atoms with Gasteiger partial charge in [0.1, 0.15) is 0 Å². The maximum absolute atomic E-state index is 12.9. The number of hydrogen-bond acceptors (Lipinski definition) is 5. The van der Waals surface area contributed by atoms with Gasteiger partial charge in [-0.3, -0.25) is 4.79 Å². The molecule has 0 radical (unpaired) electrons. The van der Waals surface area contributed by atoms with Crippen LogP contribution in [0.25, 0.3) is 0 Å². The molecule has 0 bridgehead atoms. The van der Waals surface area contributed by atoms with Crippen LogP contribution in [0.3, 0.4) is 0 Å². The van der Waals surface area contributed by atoms with Crippen LogP contribution in [0.15, 0.2) is 18.5 Å². The van der Waals surface area contributed by atoms with Crippen molar-refractivity contribution in [3.8, 4) is 17.2 Å². The third-order valence-corrected chi connectivity index (χ3v) is 4.30. The van der Waals surface area contributed by atoms with E-state index in [-0.39, 0.29) is 5.91 Å². The number of carbonyl (C=O) groups excluding carboxylic acids is 1. The predicted octanol–water partition coefficient (Wildman–Crippen LogP) is 1.64. The fourth-order valence-electron chi connectivity index (χ4n) is 2.98. The number of benzene rings is 1. The van der Waals surface area contributed by atoms with E-state index in [9.17, 15) is 4.79 Å². The quantitative estimate of drug-likeness (QED) is 0.852. The zero-order valence-electron chi connectivity index (χ0n) is 14.3. The Balaban J connectivity index is 1.92. The number of carbonyl (C=O) groups is 1. The highest BCUT2D eigenvalue weighted by molar-refractivity contribution is 5.95. The first kappa shape index (κ1) is 16.2. The molecule has 2 heterocycles. The maximum atomic E-state index is 12.9. The molecule has 1 aliphatic heterocycles. The lowest BCUT2D eigenvalue weighted by molar-refractivity contribution is 0.0729. The Kier molecular flexibility index (Phi) is 4.33. The second-order valence-electron chi connectivity index (χ2n) is 5.64. The smallest absolute Gasteiger partial charge is 0.254 e. The van der Waals surface area contributed by atoms with Crippen LogP contribution in [-0.2, 0) is 20.0 Å². The summed E-state index contributed by atoms with van der Waals surface area (Å²) in [6.07, 6.45) is 2.55. The summed E-state index contributed by atoms with van der Waals surface area (Å²) >= 11 is 0. The second-order valence-corrected chi connectivity index (χ2v) is 5.64. The molecule has 0 spiro atoms. The zero-order chi connectivity index (χ0) is 17.3. The SMILES string of the molecule is COc1cc(C(=O)N2CCc3ncn(C)c3C2)cc(OC)c1OC. The molecule has 1 aromatic heterocycles. The molecule has 0 N–H and O–H groups in total. The summed E-state index contributed by atoms with van der Waals surface area (Å²) in [5, 5.41) is 0.